The third-order valence-corrected chi connectivity index (χ3v) is 4.31. The Morgan fingerprint density at radius 3 is 2.56 bits per heavy atom. The van der Waals surface area contributed by atoms with Gasteiger partial charge < -0.3 is 16.4 Å². The molecule has 0 fully saturated rings. The topological polar surface area (TPSA) is 88.8 Å². The van der Waals surface area contributed by atoms with Crippen molar-refractivity contribution in [3.8, 4) is 0 Å². The predicted molar refractivity (Wildman–Crippen MR) is 110 cm³/mol. The van der Waals surface area contributed by atoms with Crippen molar-refractivity contribution >= 4 is 33.9 Å². The van der Waals surface area contributed by atoms with E-state index in [1.165, 1.54) is 6.33 Å². The predicted octanol–water partition coefficient (Wildman–Crippen LogP) is 4.27. The summed E-state index contributed by atoms with van der Waals surface area (Å²) in [7, 11) is 0. The van der Waals surface area contributed by atoms with E-state index in [1.807, 2.05) is 55.5 Å². The van der Waals surface area contributed by atoms with Crippen molar-refractivity contribution < 1.29 is 0 Å². The van der Waals surface area contributed by atoms with Crippen molar-refractivity contribution in [3.05, 3.63) is 78.2 Å². The fourth-order valence-corrected chi connectivity index (χ4v) is 2.91. The maximum Gasteiger partial charge on any atom is 0.159 e. The van der Waals surface area contributed by atoms with Crippen LogP contribution in [0.4, 0.5) is 23.0 Å². The molecule has 0 atom stereocenters. The molecule has 27 heavy (non-hydrogen) atoms. The molecule has 4 rings (SSSR count). The van der Waals surface area contributed by atoms with Crippen LogP contribution < -0.4 is 16.4 Å². The summed E-state index contributed by atoms with van der Waals surface area (Å²) in [4.78, 5) is 13.1. The molecule has 0 radical (unpaired) electrons. The molecule has 0 aliphatic carbocycles. The van der Waals surface area contributed by atoms with E-state index in [-0.39, 0.29) is 0 Å². The fraction of sp³-hybridized carbons (Fsp3) is 0.0952. The molecule has 6 heteroatoms. The zero-order chi connectivity index (χ0) is 18.6. The van der Waals surface area contributed by atoms with Crippen LogP contribution in [0, 0.1) is 6.92 Å². The quantitative estimate of drug-likeness (QED) is 0.495. The molecule has 0 bridgehead atoms. The molecule has 2 aromatic heterocycles. The van der Waals surface area contributed by atoms with Gasteiger partial charge in [0.25, 0.3) is 0 Å². The number of aryl methyl sites for hydroxylation is 1. The molecular formula is C21H20N6. The van der Waals surface area contributed by atoms with E-state index in [0.717, 1.165) is 27.8 Å². The summed E-state index contributed by atoms with van der Waals surface area (Å²) in [5, 5.41) is 7.60. The van der Waals surface area contributed by atoms with Crippen molar-refractivity contribution in [2.45, 2.75) is 13.5 Å². The second kappa shape index (κ2) is 7.29. The second-order valence-electron chi connectivity index (χ2n) is 6.27. The summed E-state index contributed by atoms with van der Waals surface area (Å²) < 4.78 is 0. The number of hydrogen-bond donors (Lipinski definition) is 3. The summed E-state index contributed by atoms with van der Waals surface area (Å²) >= 11 is 0. The van der Waals surface area contributed by atoms with Gasteiger partial charge in [-0.2, -0.15) is 0 Å². The van der Waals surface area contributed by atoms with Crippen molar-refractivity contribution in [1.82, 2.24) is 15.0 Å². The van der Waals surface area contributed by atoms with Gasteiger partial charge in [0, 0.05) is 23.3 Å². The third-order valence-electron chi connectivity index (χ3n) is 4.31. The van der Waals surface area contributed by atoms with Crippen molar-refractivity contribution in [2.24, 2.45) is 0 Å². The summed E-state index contributed by atoms with van der Waals surface area (Å²) in [6.45, 7) is 2.62. The maximum absolute atomic E-state index is 6.30. The van der Waals surface area contributed by atoms with Crippen molar-refractivity contribution in [2.75, 3.05) is 16.4 Å². The number of pyridine rings is 1. The van der Waals surface area contributed by atoms with E-state index in [2.05, 4.69) is 37.7 Å². The molecule has 2 heterocycles. The Kier molecular flexibility index (Phi) is 4.53. The third kappa shape index (κ3) is 3.64. The zero-order valence-corrected chi connectivity index (χ0v) is 15.0. The van der Waals surface area contributed by atoms with Crippen molar-refractivity contribution in [3.63, 3.8) is 0 Å². The number of rotatable bonds is 5. The van der Waals surface area contributed by atoms with Crippen LogP contribution in [0.3, 0.4) is 0 Å². The highest BCUT2D eigenvalue weighted by Gasteiger charge is 2.10. The van der Waals surface area contributed by atoms with Gasteiger partial charge in [-0.3, -0.25) is 4.98 Å². The molecule has 134 valence electrons. The minimum atomic E-state index is 0.477. The number of anilines is 4. The fourth-order valence-electron chi connectivity index (χ4n) is 2.91. The second-order valence-corrected chi connectivity index (χ2v) is 6.27. The van der Waals surface area contributed by atoms with Gasteiger partial charge in [0.15, 0.2) is 11.6 Å². The average molecular weight is 356 g/mol. The van der Waals surface area contributed by atoms with E-state index in [4.69, 9.17) is 5.73 Å². The van der Waals surface area contributed by atoms with Crippen LogP contribution in [0.15, 0.2) is 67.0 Å². The number of nitrogens with one attached hydrogen (secondary N) is 2. The van der Waals surface area contributed by atoms with Gasteiger partial charge in [-0.05, 0) is 36.8 Å². The molecule has 0 saturated carbocycles. The Morgan fingerprint density at radius 1 is 0.889 bits per heavy atom. The summed E-state index contributed by atoms with van der Waals surface area (Å²) in [6, 6.07) is 20.1. The molecule has 0 aliphatic heterocycles. The zero-order valence-electron chi connectivity index (χ0n) is 15.0. The number of nitrogens with zero attached hydrogens (tertiary/aromatic N) is 3. The number of benzene rings is 2. The highest BCUT2D eigenvalue weighted by Crippen LogP contribution is 2.29. The SMILES string of the molecule is Cc1ccc2c(Nc3ncnc(NCc4ccccc4)c3N)cccc2n1. The normalized spacial score (nSPS) is 10.7. The number of aromatic nitrogens is 3. The summed E-state index contributed by atoms with van der Waals surface area (Å²) in [6.07, 6.45) is 1.50. The Labute approximate surface area is 157 Å². The Balaban J connectivity index is 1.60. The smallest absolute Gasteiger partial charge is 0.159 e. The van der Waals surface area contributed by atoms with Gasteiger partial charge in [-0.15, -0.1) is 0 Å². The number of hydrogen-bond acceptors (Lipinski definition) is 6. The molecular weight excluding hydrogens is 336 g/mol. The average Bonchev–Trinajstić information content (AvgIpc) is 2.69. The number of nitrogen functional groups attached to an aromatic ring is 1. The molecule has 0 amide bonds. The first kappa shape index (κ1) is 16.8. The molecule has 0 saturated heterocycles. The monoisotopic (exact) mass is 356 g/mol. The first-order chi connectivity index (χ1) is 13.2. The van der Waals surface area contributed by atoms with E-state index in [1.54, 1.807) is 0 Å². The minimum absolute atomic E-state index is 0.477. The number of nitrogens with two attached hydrogens (primary N) is 1. The van der Waals surface area contributed by atoms with Gasteiger partial charge in [0.1, 0.15) is 12.0 Å². The largest absolute Gasteiger partial charge is 0.393 e. The Hall–Kier alpha value is -3.67. The van der Waals surface area contributed by atoms with Gasteiger partial charge in [0.05, 0.1) is 5.52 Å². The van der Waals surface area contributed by atoms with Crippen LogP contribution in [0.1, 0.15) is 11.3 Å². The van der Waals surface area contributed by atoms with Crippen LogP contribution in [0.5, 0.6) is 0 Å². The van der Waals surface area contributed by atoms with E-state index < -0.39 is 0 Å². The van der Waals surface area contributed by atoms with Gasteiger partial charge in [0.2, 0.25) is 0 Å². The van der Waals surface area contributed by atoms with Crippen LogP contribution in [-0.4, -0.2) is 15.0 Å². The molecule has 0 aliphatic rings. The molecule has 4 aromatic rings. The summed E-state index contributed by atoms with van der Waals surface area (Å²) in [5.41, 5.74) is 10.7. The molecule has 4 N–H and O–H groups in total. The Bertz CT molecular complexity index is 1080. The summed E-state index contributed by atoms with van der Waals surface area (Å²) in [5.74, 6) is 1.17. The van der Waals surface area contributed by atoms with E-state index >= 15 is 0 Å². The van der Waals surface area contributed by atoms with E-state index in [9.17, 15) is 0 Å². The molecule has 6 nitrogen and oxygen atoms in total. The van der Waals surface area contributed by atoms with Crippen LogP contribution in [0.2, 0.25) is 0 Å². The minimum Gasteiger partial charge on any atom is -0.393 e. The lowest BCUT2D eigenvalue weighted by atomic mass is 10.1. The highest BCUT2D eigenvalue weighted by molar-refractivity contribution is 5.94. The van der Waals surface area contributed by atoms with Crippen LogP contribution in [0.25, 0.3) is 10.9 Å². The van der Waals surface area contributed by atoms with E-state index in [0.29, 0.717) is 23.9 Å². The van der Waals surface area contributed by atoms with Gasteiger partial charge >= 0.3 is 0 Å². The number of fused-ring (bicyclic) bond motifs is 1. The van der Waals surface area contributed by atoms with Crippen LogP contribution in [-0.2, 0) is 6.54 Å². The van der Waals surface area contributed by atoms with Gasteiger partial charge in [-0.1, -0.05) is 36.4 Å². The van der Waals surface area contributed by atoms with Crippen molar-refractivity contribution in [1.29, 1.82) is 0 Å². The lowest BCUT2D eigenvalue weighted by molar-refractivity contribution is 1.09. The van der Waals surface area contributed by atoms with Crippen LogP contribution >= 0.6 is 0 Å². The highest BCUT2D eigenvalue weighted by atomic mass is 15.1. The molecule has 0 unspecified atom stereocenters. The first-order valence-corrected chi connectivity index (χ1v) is 8.72. The Morgan fingerprint density at radius 2 is 1.70 bits per heavy atom. The first-order valence-electron chi connectivity index (χ1n) is 8.72. The lowest BCUT2D eigenvalue weighted by Crippen LogP contribution is -2.08. The molecule has 0 spiro atoms. The lowest BCUT2D eigenvalue weighted by Gasteiger charge is -2.14. The standard InChI is InChI=1S/C21H20N6/c1-14-10-11-16-17(26-14)8-5-9-18(16)27-21-19(22)20(24-13-25-21)23-12-15-6-3-2-4-7-15/h2-11,13H,12,22H2,1H3,(H2,23,24,25,27). The molecule has 2 aromatic carbocycles. The maximum atomic E-state index is 6.30. The van der Waals surface area contributed by atoms with Gasteiger partial charge in [-0.25, -0.2) is 9.97 Å².